The molecule has 0 saturated carbocycles. The maximum Gasteiger partial charge on any atom is 0.310 e. The van der Waals surface area contributed by atoms with Gasteiger partial charge in [0.1, 0.15) is 0 Å². The number of carboxylic acids is 1. The molecule has 1 atom stereocenters. The van der Waals surface area contributed by atoms with E-state index in [9.17, 15) is 9.90 Å². The topological polar surface area (TPSA) is 40.5 Å². The van der Waals surface area contributed by atoms with E-state index in [1.165, 1.54) is 11.1 Å². The Morgan fingerprint density at radius 1 is 1.47 bits per heavy atom. The summed E-state index contributed by atoms with van der Waals surface area (Å²) in [5.41, 5.74) is 2.02. The summed E-state index contributed by atoms with van der Waals surface area (Å²) in [6.07, 6.45) is 2.50. The summed E-state index contributed by atoms with van der Waals surface area (Å²) in [5.74, 6) is -0.624. The number of aliphatic carboxylic acids is 1. The van der Waals surface area contributed by atoms with Gasteiger partial charge in [-0.25, -0.2) is 0 Å². The van der Waals surface area contributed by atoms with Crippen LogP contribution in [0.1, 0.15) is 37.3 Å². The number of aryl methyl sites for hydroxylation is 1. The van der Waals surface area contributed by atoms with Crippen molar-refractivity contribution < 1.29 is 9.90 Å². The van der Waals surface area contributed by atoms with Crippen molar-refractivity contribution >= 4 is 5.97 Å². The van der Waals surface area contributed by atoms with Crippen molar-refractivity contribution in [2.45, 2.75) is 39.7 Å². The predicted octanol–water partition coefficient (Wildman–Crippen LogP) is 3.07. The Labute approximate surface area is 115 Å². The van der Waals surface area contributed by atoms with E-state index in [1.807, 2.05) is 0 Å². The van der Waals surface area contributed by atoms with Crippen molar-refractivity contribution in [3.63, 3.8) is 0 Å². The Morgan fingerprint density at radius 3 is 2.89 bits per heavy atom. The van der Waals surface area contributed by atoms with Crippen LogP contribution in [0.5, 0.6) is 0 Å². The quantitative estimate of drug-likeness (QED) is 0.885. The molecule has 0 amide bonds. The zero-order valence-electron chi connectivity index (χ0n) is 11.9. The van der Waals surface area contributed by atoms with Crippen molar-refractivity contribution in [1.82, 2.24) is 4.90 Å². The predicted molar refractivity (Wildman–Crippen MR) is 76.0 cm³/mol. The molecule has 1 heterocycles. The second kappa shape index (κ2) is 5.74. The fourth-order valence-corrected chi connectivity index (χ4v) is 3.13. The van der Waals surface area contributed by atoms with E-state index in [4.69, 9.17) is 0 Å². The van der Waals surface area contributed by atoms with Gasteiger partial charge in [0.05, 0.1) is 5.41 Å². The van der Waals surface area contributed by atoms with E-state index in [0.29, 0.717) is 6.54 Å². The second-order valence-electron chi connectivity index (χ2n) is 5.79. The highest BCUT2D eigenvalue weighted by molar-refractivity contribution is 5.75. The van der Waals surface area contributed by atoms with Gasteiger partial charge in [-0.3, -0.25) is 9.69 Å². The molecule has 1 aromatic rings. The third kappa shape index (κ3) is 3.16. The molecule has 0 bridgehead atoms. The fraction of sp³-hybridized carbons (Fsp3) is 0.562. The fourth-order valence-electron chi connectivity index (χ4n) is 3.13. The number of carboxylic acid groups (broad SMARTS) is 1. The van der Waals surface area contributed by atoms with Crippen molar-refractivity contribution in [3.05, 3.63) is 35.4 Å². The molecule has 1 N–H and O–H groups in total. The molecular weight excluding hydrogens is 238 g/mol. The Balaban J connectivity index is 2.03. The van der Waals surface area contributed by atoms with Crippen LogP contribution in [-0.2, 0) is 11.3 Å². The molecule has 104 valence electrons. The molecule has 0 spiro atoms. The molecule has 3 heteroatoms. The first kappa shape index (κ1) is 14.1. The molecule has 2 rings (SSSR count). The van der Waals surface area contributed by atoms with Crippen molar-refractivity contribution in [1.29, 1.82) is 0 Å². The number of hydrogen-bond donors (Lipinski definition) is 1. The Morgan fingerprint density at radius 2 is 2.26 bits per heavy atom. The van der Waals surface area contributed by atoms with Crippen LogP contribution < -0.4 is 0 Å². The van der Waals surface area contributed by atoms with Crippen LogP contribution in [-0.4, -0.2) is 29.1 Å². The van der Waals surface area contributed by atoms with E-state index >= 15 is 0 Å². The summed E-state index contributed by atoms with van der Waals surface area (Å²) in [6, 6.07) is 8.46. The van der Waals surface area contributed by atoms with Gasteiger partial charge in [-0.05, 0) is 31.9 Å². The molecule has 1 aliphatic heterocycles. The van der Waals surface area contributed by atoms with Crippen LogP contribution in [0.15, 0.2) is 24.3 Å². The van der Waals surface area contributed by atoms with Crippen LogP contribution in [0.2, 0.25) is 0 Å². The van der Waals surface area contributed by atoms with Gasteiger partial charge in [-0.1, -0.05) is 43.2 Å². The van der Waals surface area contributed by atoms with Crippen LogP contribution in [0, 0.1) is 12.3 Å². The number of likely N-dealkylation sites (tertiary alicyclic amines) is 1. The van der Waals surface area contributed by atoms with Gasteiger partial charge in [0.15, 0.2) is 0 Å². The van der Waals surface area contributed by atoms with Gasteiger partial charge < -0.3 is 5.11 Å². The maximum absolute atomic E-state index is 11.5. The first-order valence-electron chi connectivity index (χ1n) is 7.07. The smallest absolute Gasteiger partial charge is 0.310 e. The molecular formula is C16H23NO2. The number of nitrogens with zero attached hydrogens (tertiary/aromatic N) is 1. The summed E-state index contributed by atoms with van der Waals surface area (Å²) >= 11 is 0. The lowest BCUT2D eigenvalue weighted by molar-refractivity contribution is -0.148. The minimum atomic E-state index is -0.624. The van der Waals surface area contributed by atoms with Crippen LogP contribution >= 0.6 is 0 Å². The minimum Gasteiger partial charge on any atom is -0.481 e. The van der Waals surface area contributed by atoms with Gasteiger partial charge >= 0.3 is 5.97 Å². The standard InChI is InChI=1S/C16H23NO2/c1-3-7-16(15(18)19)8-9-17(12-16)11-14-6-4-5-13(2)10-14/h4-6,10H,3,7-9,11-12H2,1-2H3,(H,18,19). The molecule has 19 heavy (non-hydrogen) atoms. The lowest BCUT2D eigenvalue weighted by atomic mass is 9.83. The van der Waals surface area contributed by atoms with Crippen molar-refractivity contribution in [3.8, 4) is 0 Å². The molecule has 1 unspecified atom stereocenters. The van der Waals surface area contributed by atoms with E-state index in [-0.39, 0.29) is 0 Å². The average Bonchev–Trinajstić information content (AvgIpc) is 2.74. The van der Waals surface area contributed by atoms with E-state index in [1.54, 1.807) is 0 Å². The number of benzene rings is 1. The highest BCUT2D eigenvalue weighted by Gasteiger charge is 2.43. The molecule has 1 aromatic carbocycles. The van der Waals surface area contributed by atoms with Gasteiger partial charge in [0, 0.05) is 13.1 Å². The van der Waals surface area contributed by atoms with Crippen molar-refractivity contribution in [2.24, 2.45) is 5.41 Å². The Hall–Kier alpha value is -1.35. The summed E-state index contributed by atoms with van der Waals surface area (Å²) in [5, 5.41) is 9.50. The third-order valence-corrected chi connectivity index (χ3v) is 4.10. The third-order valence-electron chi connectivity index (χ3n) is 4.10. The minimum absolute atomic E-state index is 0.515. The van der Waals surface area contributed by atoms with Crippen LogP contribution in [0.25, 0.3) is 0 Å². The van der Waals surface area contributed by atoms with Gasteiger partial charge in [-0.15, -0.1) is 0 Å². The first-order valence-corrected chi connectivity index (χ1v) is 7.07. The summed E-state index contributed by atoms with van der Waals surface area (Å²) in [7, 11) is 0. The number of hydrogen-bond acceptors (Lipinski definition) is 2. The lowest BCUT2D eigenvalue weighted by Gasteiger charge is -2.24. The van der Waals surface area contributed by atoms with Crippen LogP contribution in [0.4, 0.5) is 0 Å². The van der Waals surface area contributed by atoms with E-state index < -0.39 is 11.4 Å². The Kier molecular flexibility index (Phi) is 4.25. The zero-order valence-corrected chi connectivity index (χ0v) is 11.9. The SMILES string of the molecule is CCCC1(C(=O)O)CCN(Cc2cccc(C)c2)C1. The van der Waals surface area contributed by atoms with Crippen molar-refractivity contribution in [2.75, 3.05) is 13.1 Å². The van der Waals surface area contributed by atoms with Gasteiger partial charge in [0.25, 0.3) is 0 Å². The summed E-state index contributed by atoms with van der Waals surface area (Å²) in [4.78, 5) is 13.8. The Bertz CT molecular complexity index is 458. The zero-order chi connectivity index (χ0) is 13.9. The number of rotatable bonds is 5. The molecule has 3 nitrogen and oxygen atoms in total. The molecule has 0 radical (unpaired) electrons. The largest absolute Gasteiger partial charge is 0.481 e. The molecule has 1 fully saturated rings. The highest BCUT2D eigenvalue weighted by atomic mass is 16.4. The maximum atomic E-state index is 11.5. The molecule has 1 saturated heterocycles. The van der Waals surface area contributed by atoms with Crippen LogP contribution in [0.3, 0.4) is 0 Å². The molecule has 0 aromatic heterocycles. The second-order valence-corrected chi connectivity index (χ2v) is 5.79. The molecule has 0 aliphatic carbocycles. The van der Waals surface area contributed by atoms with Gasteiger partial charge in [-0.2, -0.15) is 0 Å². The highest BCUT2D eigenvalue weighted by Crippen LogP contribution is 2.36. The summed E-state index contributed by atoms with van der Waals surface area (Å²) in [6.45, 7) is 6.59. The number of carbonyl (C=O) groups is 1. The summed E-state index contributed by atoms with van der Waals surface area (Å²) < 4.78 is 0. The average molecular weight is 261 g/mol. The lowest BCUT2D eigenvalue weighted by Crippen LogP contribution is -2.34. The first-order chi connectivity index (χ1) is 9.05. The monoisotopic (exact) mass is 261 g/mol. The van der Waals surface area contributed by atoms with E-state index in [0.717, 1.165) is 32.4 Å². The van der Waals surface area contributed by atoms with E-state index in [2.05, 4.69) is 43.0 Å². The normalized spacial score (nSPS) is 23.7. The molecule has 1 aliphatic rings. The van der Waals surface area contributed by atoms with Gasteiger partial charge in [0.2, 0.25) is 0 Å².